The zero-order valence-electron chi connectivity index (χ0n) is 11.6. The maximum absolute atomic E-state index is 12.1. The second kappa shape index (κ2) is 6.40. The molecule has 1 aromatic rings. The van der Waals surface area contributed by atoms with Gasteiger partial charge in [0.25, 0.3) is 0 Å². The molecule has 0 aromatic heterocycles. The van der Waals surface area contributed by atoms with Crippen molar-refractivity contribution in [2.24, 2.45) is 0 Å². The maximum Gasteiger partial charge on any atom is 0.324 e. The molecule has 0 heterocycles. The van der Waals surface area contributed by atoms with E-state index < -0.39 is 0 Å². The number of nitrogens with zero attached hydrogens (tertiary/aromatic N) is 2. The first-order valence-electron chi connectivity index (χ1n) is 6.17. The van der Waals surface area contributed by atoms with E-state index in [0.717, 1.165) is 5.69 Å². The number of urea groups is 1. The van der Waals surface area contributed by atoms with E-state index in [-0.39, 0.29) is 12.6 Å². The average molecular weight is 250 g/mol. The largest absolute Gasteiger partial charge is 0.395 e. The van der Waals surface area contributed by atoms with Crippen molar-refractivity contribution >= 4 is 11.7 Å². The quantitative estimate of drug-likeness (QED) is 0.891. The lowest BCUT2D eigenvalue weighted by atomic mass is 10.0. The fraction of sp³-hybridized carbons (Fsp3) is 0.500. The first kappa shape index (κ1) is 14.5. The van der Waals surface area contributed by atoms with Gasteiger partial charge in [0, 0.05) is 26.3 Å². The SMILES string of the molecule is CC(C)c1cccc(N(C)C(=O)N(C)CCO)c1. The van der Waals surface area contributed by atoms with Gasteiger partial charge < -0.3 is 10.0 Å². The molecule has 0 bridgehead atoms. The van der Waals surface area contributed by atoms with E-state index in [4.69, 9.17) is 5.11 Å². The molecular weight excluding hydrogens is 228 g/mol. The second-order valence-corrected chi connectivity index (χ2v) is 4.74. The zero-order chi connectivity index (χ0) is 13.7. The first-order valence-corrected chi connectivity index (χ1v) is 6.17. The number of hydrogen-bond donors (Lipinski definition) is 1. The Morgan fingerprint density at radius 3 is 2.56 bits per heavy atom. The summed E-state index contributed by atoms with van der Waals surface area (Å²) in [4.78, 5) is 15.2. The normalized spacial score (nSPS) is 10.6. The Kier molecular flexibility index (Phi) is 5.16. The van der Waals surface area contributed by atoms with Gasteiger partial charge in [0.2, 0.25) is 0 Å². The third-order valence-electron chi connectivity index (χ3n) is 2.97. The molecule has 0 aliphatic carbocycles. The molecule has 0 aliphatic heterocycles. The van der Waals surface area contributed by atoms with Crippen LogP contribution in [0.15, 0.2) is 24.3 Å². The van der Waals surface area contributed by atoms with E-state index in [1.165, 1.54) is 10.5 Å². The Hall–Kier alpha value is -1.55. The standard InChI is InChI=1S/C14H22N2O2/c1-11(2)12-6-5-7-13(10-12)16(4)14(18)15(3)8-9-17/h5-7,10-11,17H,8-9H2,1-4H3. The molecule has 18 heavy (non-hydrogen) atoms. The van der Waals surface area contributed by atoms with Crippen molar-refractivity contribution in [3.8, 4) is 0 Å². The number of anilines is 1. The first-order chi connectivity index (χ1) is 8.47. The number of likely N-dealkylation sites (N-methyl/N-ethyl adjacent to an activating group) is 1. The van der Waals surface area contributed by atoms with Crippen LogP contribution in [0.4, 0.5) is 10.5 Å². The van der Waals surface area contributed by atoms with Gasteiger partial charge in [0.1, 0.15) is 0 Å². The Balaban J connectivity index is 2.86. The number of carbonyl (C=O) groups is 1. The molecule has 0 atom stereocenters. The highest BCUT2D eigenvalue weighted by Crippen LogP contribution is 2.21. The molecule has 4 nitrogen and oxygen atoms in total. The highest BCUT2D eigenvalue weighted by Gasteiger charge is 2.15. The molecule has 0 spiro atoms. The molecule has 0 radical (unpaired) electrons. The molecule has 2 amide bonds. The highest BCUT2D eigenvalue weighted by molar-refractivity contribution is 5.91. The van der Waals surface area contributed by atoms with Gasteiger partial charge in [-0.1, -0.05) is 26.0 Å². The second-order valence-electron chi connectivity index (χ2n) is 4.74. The monoisotopic (exact) mass is 250 g/mol. The summed E-state index contributed by atoms with van der Waals surface area (Å²) in [6.45, 7) is 4.56. The summed E-state index contributed by atoms with van der Waals surface area (Å²) < 4.78 is 0. The van der Waals surface area contributed by atoms with Gasteiger partial charge in [-0.2, -0.15) is 0 Å². The molecule has 0 saturated carbocycles. The van der Waals surface area contributed by atoms with Gasteiger partial charge in [0.05, 0.1) is 6.61 Å². The number of hydrogen-bond acceptors (Lipinski definition) is 2. The summed E-state index contributed by atoms with van der Waals surface area (Å²) >= 11 is 0. The van der Waals surface area contributed by atoms with Gasteiger partial charge in [-0.3, -0.25) is 4.90 Å². The number of aliphatic hydroxyl groups is 1. The van der Waals surface area contributed by atoms with Crippen molar-refractivity contribution in [3.63, 3.8) is 0 Å². The van der Waals surface area contributed by atoms with Gasteiger partial charge in [-0.25, -0.2) is 4.79 Å². The van der Waals surface area contributed by atoms with Crippen molar-refractivity contribution < 1.29 is 9.90 Å². The van der Waals surface area contributed by atoms with Crippen LogP contribution in [0.3, 0.4) is 0 Å². The van der Waals surface area contributed by atoms with Crippen LogP contribution < -0.4 is 4.90 Å². The summed E-state index contributed by atoms with van der Waals surface area (Å²) in [6, 6.07) is 7.83. The van der Waals surface area contributed by atoms with Gasteiger partial charge in [-0.05, 0) is 23.6 Å². The number of benzene rings is 1. The molecule has 0 unspecified atom stereocenters. The third kappa shape index (κ3) is 3.47. The van der Waals surface area contributed by atoms with Crippen molar-refractivity contribution in [2.45, 2.75) is 19.8 Å². The summed E-state index contributed by atoms with van der Waals surface area (Å²) in [7, 11) is 3.43. The summed E-state index contributed by atoms with van der Waals surface area (Å²) in [5.41, 5.74) is 2.08. The summed E-state index contributed by atoms with van der Waals surface area (Å²) in [6.07, 6.45) is 0. The molecule has 1 N–H and O–H groups in total. The van der Waals surface area contributed by atoms with Crippen LogP contribution in [-0.2, 0) is 0 Å². The van der Waals surface area contributed by atoms with E-state index in [0.29, 0.717) is 12.5 Å². The van der Waals surface area contributed by atoms with Crippen LogP contribution >= 0.6 is 0 Å². The fourth-order valence-electron chi connectivity index (χ4n) is 1.70. The lowest BCUT2D eigenvalue weighted by Crippen LogP contribution is -2.40. The fourth-order valence-corrected chi connectivity index (χ4v) is 1.70. The average Bonchev–Trinajstić information content (AvgIpc) is 2.37. The predicted molar refractivity (Wildman–Crippen MR) is 74.0 cm³/mol. The van der Waals surface area contributed by atoms with Crippen LogP contribution in [0.1, 0.15) is 25.3 Å². The Morgan fingerprint density at radius 1 is 1.33 bits per heavy atom. The minimum atomic E-state index is -0.120. The number of rotatable bonds is 4. The Bertz CT molecular complexity index is 405. The topological polar surface area (TPSA) is 43.8 Å². The lowest BCUT2D eigenvalue weighted by Gasteiger charge is -2.25. The minimum absolute atomic E-state index is 0.0257. The molecule has 4 heteroatoms. The Labute approximate surface area is 109 Å². The van der Waals surface area contributed by atoms with Gasteiger partial charge in [-0.15, -0.1) is 0 Å². The van der Waals surface area contributed by atoms with Crippen LogP contribution in [0.25, 0.3) is 0 Å². The molecular formula is C14H22N2O2. The zero-order valence-corrected chi connectivity index (χ0v) is 11.6. The summed E-state index contributed by atoms with van der Waals surface area (Å²) in [5, 5.41) is 8.84. The molecule has 0 aliphatic rings. The Morgan fingerprint density at radius 2 is 2.00 bits per heavy atom. The van der Waals surface area contributed by atoms with E-state index in [1.807, 2.05) is 18.2 Å². The van der Waals surface area contributed by atoms with Crippen molar-refractivity contribution in [2.75, 3.05) is 32.1 Å². The van der Waals surface area contributed by atoms with Crippen molar-refractivity contribution in [3.05, 3.63) is 29.8 Å². The van der Waals surface area contributed by atoms with Gasteiger partial charge in [0.15, 0.2) is 0 Å². The van der Waals surface area contributed by atoms with Crippen LogP contribution in [0, 0.1) is 0 Å². The molecule has 100 valence electrons. The van der Waals surface area contributed by atoms with Crippen LogP contribution in [-0.4, -0.2) is 43.3 Å². The predicted octanol–water partition coefficient (Wildman–Crippen LogP) is 2.29. The number of aliphatic hydroxyl groups excluding tert-OH is 1. The molecule has 1 aromatic carbocycles. The molecule has 0 fully saturated rings. The smallest absolute Gasteiger partial charge is 0.324 e. The molecule has 1 rings (SSSR count). The number of carbonyl (C=O) groups excluding carboxylic acids is 1. The third-order valence-corrected chi connectivity index (χ3v) is 2.97. The van der Waals surface area contributed by atoms with E-state index in [2.05, 4.69) is 19.9 Å². The summed E-state index contributed by atoms with van der Waals surface area (Å²) in [5.74, 6) is 0.434. The highest BCUT2D eigenvalue weighted by atomic mass is 16.3. The molecule has 0 saturated heterocycles. The lowest BCUT2D eigenvalue weighted by molar-refractivity contribution is 0.197. The van der Waals surface area contributed by atoms with Crippen LogP contribution in [0.5, 0.6) is 0 Å². The van der Waals surface area contributed by atoms with Crippen LogP contribution in [0.2, 0.25) is 0 Å². The maximum atomic E-state index is 12.1. The van der Waals surface area contributed by atoms with E-state index in [1.54, 1.807) is 19.0 Å². The van der Waals surface area contributed by atoms with Crippen molar-refractivity contribution in [1.29, 1.82) is 0 Å². The van der Waals surface area contributed by atoms with Crippen molar-refractivity contribution in [1.82, 2.24) is 4.90 Å². The van der Waals surface area contributed by atoms with E-state index in [9.17, 15) is 4.79 Å². The van der Waals surface area contributed by atoms with E-state index >= 15 is 0 Å². The number of amides is 2. The van der Waals surface area contributed by atoms with Gasteiger partial charge >= 0.3 is 6.03 Å². The minimum Gasteiger partial charge on any atom is -0.395 e.